The van der Waals surface area contributed by atoms with E-state index in [2.05, 4.69) is 135 Å². The number of aryl methyl sites for hydroxylation is 1. The van der Waals surface area contributed by atoms with Crippen molar-refractivity contribution in [3.63, 3.8) is 0 Å². The van der Waals surface area contributed by atoms with Crippen LogP contribution in [0.1, 0.15) is 5.56 Å². The Bertz CT molecular complexity index is 1290. The lowest BCUT2D eigenvalue weighted by atomic mass is 10.0. The molecule has 0 fully saturated rings. The Hall–Kier alpha value is -3.37. The van der Waals surface area contributed by atoms with Crippen LogP contribution in [0.15, 0.2) is 94.7 Å². The number of anilines is 5. The van der Waals surface area contributed by atoms with Gasteiger partial charge in [0.05, 0.1) is 11.4 Å². The molecule has 1 heterocycles. The van der Waals surface area contributed by atoms with Gasteiger partial charge in [0.25, 0.3) is 0 Å². The molecular formula is C29H29N3S. The zero-order chi connectivity index (χ0) is 23.1. The van der Waals surface area contributed by atoms with Crippen LogP contribution in [-0.4, -0.2) is 28.2 Å². The van der Waals surface area contributed by atoms with Gasteiger partial charge in [-0.25, -0.2) is 0 Å². The fourth-order valence-electron chi connectivity index (χ4n) is 4.28. The summed E-state index contributed by atoms with van der Waals surface area (Å²) in [7, 11) is 8.42. The molecule has 0 saturated carbocycles. The number of hydrogen-bond donors (Lipinski definition) is 0. The van der Waals surface area contributed by atoms with E-state index in [1.807, 2.05) is 11.8 Å². The Morgan fingerprint density at radius 3 is 1.73 bits per heavy atom. The normalized spacial score (nSPS) is 12.2. The molecule has 4 aromatic carbocycles. The Balaban J connectivity index is 1.39. The second-order valence-corrected chi connectivity index (χ2v) is 9.92. The quantitative estimate of drug-likeness (QED) is 0.314. The molecule has 0 spiro atoms. The Morgan fingerprint density at radius 1 is 0.606 bits per heavy atom. The molecule has 4 aromatic rings. The third kappa shape index (κ3) is 4.07. The molecule has 0 atom stereocenters. The fourth-order valence-corrected chi connectivity index (χ4v) is 5.56. The predicted octanol–water partition coefficient (Wildman–Crippen LogP) is 7.73. The smallest absolute Gasteiger partial charge is 0.0551 e. The van der Waals surface area contributed by atoms with Crippen LogP contribution in [0.2, 0.25) is 0 Å². The van der Waals surface area contributed by atoms with Crippen molar-refractivity contribution in [1.29, 1.82) is 0 Å². The minimum absolute atomic E-state index is 1.18. The van der Waals surface area contributed by atoms with Gasteiger partial charge in [-0.1, -0.05) is 42.1 Å². The van der Waals surface area contributed by atoms with Crippen LogP contribution in [0.4, 0.5) is 28.4 Å². The largest absolute Gasteiger partial charge is 0.378 e. The van der Waals surface area contributed by atoms with E-state index < -0.39 is 0 Å². The summed E-state index contributed by atoms with van der Waals surface area (Å²) < 4.78 is 0. The summed E-state index contributed by atoms with van der Waals surface area (Å²) in [6, 6.07) is 30.9. The fraction of sp³-hybridized carbons (Fsp3) is 0.172. The van der Waals surface area contributed by atoms with Crippen molar-refractivity contribution in [2.24, 2.45) is 0 Å². The minimum atomic E-state index is 1.18. The van der Waals surface area contributed by atoms with Gasteiger partial charge in [0.15, 0.2) is 0 Å². The van der Waals surface area contributed by atoms with Crippen LogP contribution >= 0.6 is 11.8 Å². The lowest BCUT2D eigenvalue weighted by Crippen LogP contribution is -2.16. The average Bonchev–Trinajstić information content (AvgIpc) is 2.83. The van der Waals surface area contributed by atoms with Crippen LogP contribution in [-0.2, 0) is 0 Å². The average molecular weight is 452 g/mol. The van der Waals surface area contributed by atoms with Crippen LogP contribution in [0.25, 0.3) is 11.1 Å². The molecule has 0 saturated heterocycles. The topological polar surface area (TPSA) is 9.72 Å². The molecule has 3 nitrogen and oxygen atoms in total. The maximum Gasteiger partial charge on any atom is 0.0551 e. The maximum atomic E-state index is 2.30. The molecule has 1 aliphatic rings. The number of fused-ring (bicyclic) bond motifs is 2. The monoisotopic (exact) mass is 451 g/mol. The summed E-state index contributed by atoms with van der Waals surface area (Å²) in [5, 5.41) is 0. The highest BCUT2D eigenvalue weighted by molar-refractivity contribution is 7.99. The van der Waals surface area contributed by atoms with Gasteiger partial charge in [-0.05, 0) is 78.2 Å². The second-order valence-electron chi connectivity index (χ2n) is 8.83. The number of nitrogens with zero attached hydrogens (tertiary/aromatic N) is 3. The van der Waals surface area contributed by atoms with E-state index in [4.69, 9.17) is 0 Å². The third-order valence-electron chi connectivity index (χ3n) is 6.36. The van der Waals surface area contributed by atoms with E-state index in [1.54, 1.807) is 0 Å². The molecule has 0 aliphatic carbocycles. The first-order chi connectivity index (χ1) is 15.9. The Kier molecular flexibility index (Phi) is 5.55. The Morgan fingerprint density at radius 2 is 1.12 bits per heavy atom. The molecule has 5 rings (SSSR count). The number of benzene rings is 4. The standard InChI is InChI=1S/C29H29N3S/c1-20-6-16-26-28(18-20)33-29-19-25(15-17-27(29)32(26)5)31(4)24-13-9-22(10-14-24)21-7-11-23(12-8-21)30(2)3/h6-19H,1-5H3. The Labute approximate surface area is 201 Å². The minimum Gasteiger partial charge on any atom is -0.378 e. The van der Waals surface area contributed by atoms with E-state index in [1.165, 1.54) is 54.9 Å². The molecule has 1 aliphatic heterocycles. The van der Waals surface area contributed by atoms with Crippen molar-refractivity contribution >= 4 is 40.2 Å². The summed E-state index contributed by atoms with van der Waals surface area (Å²) >= 11 is 1.86. The molecule has 0 radical (unpaired) electrons. The molecule has 0 unspecified atom stereocenters. The second kappa shape index (κ2) is 8.53. The van der Waals surface area contributed by atoms with Crippen molar-refractivity contribution < 1.29 is 0 Å². The highest BCUT2D eigenvalue weighted by atomic mass is 32.2. The first kappa shape index (κ1) is 21.5. The molecule has 0 amide bonds. The van der Waals surface area contributed by atoms with Gasteiger partial charge >= 0.3 is 0 Å². The highest BCUT2D eigenvalue weighted by Crippen LogP contribution is 2.49. The van der Waals surface area contributed by atoms with Crippen LogP contribution < -0.4 is 14.7 Å². The molecular weight excluding hydrogens is 422 g/mol. The molecule has 4 heteroatoms. The lowest BCUT2D eigenvalue weighted by Gasteiger charge is -2.31. The van der Waals surface area contributed by atoms with E-state index in [-0.39, 0.29) is 0 Å². The van der Waals surface area contributed by atoms with Crippen LogP contribution in [0, 0.1) is 6.92 Å². The van der Waals surface area contributed by atoms with Gasteiger partial charge < -0.3 is 14.7 Å². The van der Waals surface area contributed by atoms with Crippen LogP contribution in [0.3, 0.4) is 0 Å². The van der Waals surface area contributed by atoms with Crippen molar-refractivity contribution in [2.45, 2.75) is 16.7 Å². The SMILES string of the molecule is Cc1ccc2c(c1)Sc1cc(N(C)c3ccc(-c4ccc(N(C)C)cc4)cc3)ccc1N2C. The van der Waals surface area contributed by atoms with Gasteiger partial charge in [-0.3, -0.25) is 0 Å². The van der Waals surface area contributed by atoms with Gasteiger partial charge in [0.1, 0.15) is 0 Å². The van der Waals surface area contributed by atoms with E-state index in [0.29, 0.717) is 0 Å². The lowest BCUT2D eigenvalue weighted by molar-refractivity contribution is 1.10. The van der Waals surface area contributed by atoms with Crippen molar-refractivity contribution in [3.8, 4) is 11.1 Å². The summed E-state index contributed by atoms with van der Waals surface area (Å²) in [5.41, 5.74) is 9.86. The zero-order valence-electron chi connectivity index (χ0n) is 19.8. The van der Waals surface area contributed by atoms with Gasteiger partial charge in [0, 0.05) is 55.0 Å². The summed E-state index contributed by atoms with van der Waals surface area (Å²) in [6.07, 6.45) is 0. The molecule has 0 bridgehead atoms. The van der Waals surface area contributed by atoms with Crippen molar-refractivity contribution in [1.82, 2.24) is 0 Å². The van der Waals surface area contributed by atoms with E-state index >= 15 is 0 Å². The first-order valence-electron chi connectivity index (χ1n) is 11.2. The van der Waals surface area contributed by atoms with Gasteiger partial charge in [0.2, 0.25) is 0 Å². The first-order valence-corrected chi connectivity index (χ1v) is 12.0. The molecule has 0 N–H and O–H groups in total. The highest BCUT2D eigenvalue weighted by Gasteiger charge is 2.21. The maximum absolute atomic E-state index is 2.30. The molecule has 33 heavy (non-hydrogen) atoms. The molecule has 166 valence electrons. The number of rotatable bonds is 4. The van der Waals surface area contributed by atoms with E-state index in [9.17, 15) is 0 Å². The van der Waals surface area contributed by atoms with Crippen molar-refractivity contribution in [2.75, 3.05) is 42.9 Å². The summed E-state index contributed by atoms with van der Waals surface area (Å²) in [6.45, 7) is 2.15. The van der Waals surface area contributed by atoms with Gasteiger partial charge in [-0.15, -0.1) is 0 Å². The summed E-state index contributed by atoms with van der Waals surface area (Å²) in [4.78, 5) is 9.27. The van der Waals surface area contributed by atoms with Crippen molar-refractivity contribution in [3.05, 3.63) is 90.5 Å². The van der Waals surface area contributed by atoms with Crippen LogP contribution in [0.5, 0.6) is 0 Å². The number of hydrogen-bond acceptors (Lipinski definition) is 4. The van der Waals surface area contributed by atoms with Gasteiger partial charge in [-0.2, -0.15) is 0 Å². The third-order valence-corrected chi connectivity index (χ3v) is 7.45. The zero-order valence-corrected chi connectivity index (χ0v) is 20.6. The summed E-state index contributed by atoms with van der Waals surface area (Å²) in [5.74, 6) is 0. The predicted molar refractivity (Wildman–Crippen MR) is 144 cm³/mol. The molecule has 0 aromatic heterocycles. The van der Waals surface area contributed by atoms with E-state index in [0.717, 1.165) is 0 Å².